The number of aromatic amines is 1. The number of thiophene rings is 1. The molecule has 0 atom stereocenters. The number of anilines is 1. The van der Waals surface area contributed by atoms with Gasteiger partial charge in [0, 0.05) is 30.8 Å². The van der Waals surface area contributed by atoms with Crippen molar-refractivity contribution in [3.05, 3.63) is 53.4 Å². The lowest BCUT2D eigenvalue weighted by molar-refractivity contribution is 0.101. The van der Waals surface area contributed by atoms with Crippen molar-refractivity contribution in [2.45, 2.75) is 30.7 Å². The van der Waals surface area contributed by atoms with Crippen molar-refractivity contribution in [1.29, 1.82) is 0 Å². The van der Waals surface area contributed by atoms with E-state index in [9.17, 15) is 13.2 Å². The molecule has 152 valence electrons. The third-order valence-corrected chi connectivity index (χ3v) is 7.46. The second-order valence-corrected chi connectivity index (χ2v) is 9.75. The highest BCUT2D eigenvalue weighted by molar-refractivity contribution is 7.89. The van der Waals surface area contributed by atoms with Crippen LogP contribution in [0.4, 0.5) is 5.82 Å². The zero-order valence-electron chi connectivity index (χ0n) is 16.0. The molecule has 7 nitrogen and oxygen atoms in total. The number of aromatic nitrogens is 2. The van der Waals surface area contributed by atoms with Gasteiger partial charge in [-0.3, -0.25) is 9.89 Å². The van der Waals surface area contributed by atoms with Gasteiger partial charge in [0.1, 0.15) is 0 Å². The third kappa shape index (κ3) is 4.42. The van der Waals surface area contributed by atoms with Crippen molar-refractivity contribution in [2.75, 3.05) is 18.0 Å². The van der Waals surface area contributed by atoms with E-state index in [0.29, 0.717) is 18.4 Å². The second kappa shape index (κ2) is 8.10. The fourth-order valence-electron chi connectivity index (χ4n) is 3.43. The first-order valence-corrected chi connectivity index (χ1v) is 11.8. The van der Waals surface area contributed by atoms with Crippen LogP contribution in [0.1, 0.15) is 30.1 Å². The van der Waals surface area contributed by atoms with Crippen LogP contribution in [-0.4, -0.2) is 43.5 Å². The van der Waals surface area contributed by atoms with E-state index in [0.717, 1.165) is 29.5 Å². The normalized spacial score (nSPS) is 15.6. The van der Waals surface area contributed by atoms with Gasteiger partial charge in [-0.05, 0) is 43.3 Å². The molecule has 1 aliphatic rings. The summed E-state index contributed by atoms with van der Waals surface area (Å²) in [6, 6.07) is 12.1. The minimum absolute atomic E-state index is 0.125. The summed E-state index contributed by atoms with van der Waals surface area (Å²) in [7, 11) is -3.66. The molecule has 0 amide bonds. The van der Waals surface area contributed by atoms with Crippen molar-refractivity contribution in [3.8, 4) is 10.6 Å². The van der Waals surface area contributed by atoms with Crippen LogP contribution >= 0.6 is 11.3 Å². The summed E-state index contributed by atoms with van der Waals surface area (Å²) in [4.78, 5) is 15.0. The predicted octanol–water partition coefficient (Wildman–Crippen LogP) is 3.29. The molecular weight excluding hydrogens is 408 g/mol. The van der Waals surface area contributed by atoms with Gasteiger partial charge in [0.25, 0.3) is 0 Å². The number of ketones is 1. The quantitative estimate of drug-likeness (QED) is 0.585. The lowest BCUT2D eigenvalue weighted by atomic mass is 10.1. The summed E-state index contributed by atoms with van der Waals surface area (Å²) in [5.74, 6) is 0.722. The molecule has 1 aliphatic heterocycles. The van der Waals surface area contributed by atoms with Crippen LogP contribution in [0.3, 0.4) is 0 Å². The van der Waals surface area contributed by atoms with E-state index < -0.39 is 10.0 Å². The SMILES string of the molecule is CC(=O)c1cccc(S(=O)(=O)NC2CCN(c3cc(-c4cccs4)[nH]n3)CC2)c1. The van der Waals surface area contributed by atoms with Crippen LogP contribution < -0.4 is 9.62 Å². The van der Waals surface area contributed by atoms with E-state index >= 15 is 0 Å². The maximum Gasteiger partial charge on any atom is 0.240 e. The van der Waals surface area contributed by atoms with E-state index in [1.165, 1.54) is 19.1 Å². The van der Waals surface area contributed by atoms with Gasteiger partial charge in [-0.15, -0.1) is 11.3 Å². The Labute approximate surface area is 173 Å². The average Bonchev–Trinajstić information content (AvgIpc) is 3.40. The molecule has 0 bridgehead atoms. The number of hydrogen-bond donors (Lipinski definition) is 2. The Balaban J connectivity index is 1.38. The van der Waals surface area contributed by atoms with Crippen molar-refractivity contribution >= 4 is 33.0 Å². The standard InChI is InChI=1S/C20H22N4O3S2/c1-14(25)15-4-2-5-17(12-15)29(26,27)23-16-7-9-24(10-8-16)20-13-18(21-22-20)19-6-3-11-28-19/h2-6,11-13,16,23H,7-10H2,1H3,(H,21,22). The van der Waals surface area contributed by atoms with Gasteiger partial charge >= 0.3 is 0 Å². The molecule has 9 heteroatoms. The van der Waals surface area contributed by atoms with Gasteiger partial charge < -0.3 is 4.90 Å². The average molecular weight is 431 g/mol. The highest BCUT2D eigenvalue weighted by Gasteiger charge is 2.26. The van der Waals surface area contributed by atoms with Gasteiger partial charge in [0.05, 0.1) is 15.5 Å². The highest BCUT2D eigenvalue weighted by Crippen LogP contribution is 2.27. The number of carbonyl (C=O) groups is 1. The smallest absolute Gasteiger partial charge is 0.240 e. The summed E-state index contributed by atoms with van der Waals surface area (Å²) in [5.41, 5.74) is 1.38. The number of nitrogens with one attached hydrogen (secondary N) is 2. The number of benzene rings is 1. The van der Waals surface area contributed by atoms with Crippen LogP contribution in [0.5, 0.6) is 0 Å². The Morgan fingerprint density at radius 2 is 2.00 bits per heavy atom. The van der Waals surface area contributed by atoms with Gasteiger partial charge in [0.15, 0.2) is 11.6 Å². The lowest BCUT2D eigenvalue weighted by Gasteiger charge is -2.32. The molecule has 0 aliphatic carbocycles. The molecule has 2 aromatic heterocycles. The van der Waals surface area contributed by atoms with Crippen LogP contribution in [0.2, 0.25) is 0 Å². The first-order chi connectivity index (χ1) is 13.9. The van der Waals surface area contributed by atoms with E-state index in [-0.39, 0.29) is 16.7 Å². The highest BCUT2D eigenvalue weighted by atomic mass is 32.2. The van der Waals surface area contributed by atoms with Gasteiger partial charge in [-0.2, -0.15) is 5.10 Å². The first-order valence-electron chi connectivity index (χ1n) is 9.40. The minimum atomic E-state index is -3.66. The summed E-state index contributed by atoms with van der Waals surface area (Å²) < 4.78 is 28.2. The summed E-state index contributed by atoms with van der Waals surface area (Å²) in [6.07, 6.45) is 1.37. The summed E-state index contributed by atoms with van der Waals surface area (Å²) >= 11 is 1.66. The van der Waals surface area contributed by atoms with E-state index in [1.807, 2.05) is 23.6 Å². The molecule has 1 aromatic carbocycles. The fourth-order valence-corrected chi connectivity index (χ4v) is 5.47. The van der Waals surface area contributed by atoms with Gasteiger partial charge in [-0.1, -0.05) is 18.2 Å². The number of rotatable bonds is 6. The number of carbonyl (C=O) groups excluding carboxylic acids is 1. The zero-order chi connectivity index (χ0) is 20.4. The molecule has 4 rings (SSSR count). The molecule has 29 heavy (non-hydrogen) atoms. The molecule has 2 N–H and O–H groups in total. The topological polar surface area (TPSA) is 95.2 Å². The van der Waals surface area contributed by atoms with Gasteiger partial charge in [0.2, 0.25) is 10.0 Å². The van der Waals surface area contributed by atoms with Crippen LogP contribution in [0.25, 0.3) is 10.6 Å². The number of Topliss-reactive ketones (excluding diaryl/α,β-unsaturated/α-hetero) is 1. The molecule has 1 saturated heterocycles. The number of sulfonamides is 1. The number of piperidine rings is 1. The second-order valence-electron chi connectivity index (χ2n) is 7.08. The molecule has 0 saturated carbocycles. The summed E-state index contributed by atoms with van der Waals surface area (Å²) in [6.45, 7) is 2.86. The van der Waals surface area contributed by atoms with Crippen LogP contribution in [0, 0.1) is 0 Å². The molecule has 0 spiro atoms. The zero-order valence-corrected chi connectivity index (χ0v) is 17.6. The molecule has 0 radical (unpaired) electrons. The van der Waals surface area contributed by atoms with Crippen LogP contribution in [0.15, 0.2) is 52.7 Å². The molecule has 3 heterocycles. The number of hydrogen-bond acceptors (Lipinski definition) is 6. The first kappa shape index (κ1) is 19.8. The maximum atomic E-state index is 12.7. The largest absolute Gasteiger partial charge is 0.355 e. The Kier molecular flexibility index (Phi) is 5.53. The fraction of sp³-hybridized carbons (Fsp3) is 0.300. The Morgan fingerprint density at radius 3 is 2.69 bits per heavy atom. The van der Waals surface area contributed by atoms with E-state index in [4.69, 9.17) is 0 Å². The Hall–Kier alpha value is -2.49. The Bertz CT molecular complexity index is 1100. The number of nitrogens with zero attached hydrogens (tertiary/aromatic N) is 2. The van der Waals surface area contributed by atoms with Crippen molar-refractivity contribution in [1.82, 2.24) is 14.9 Å². The van der Waals surface area contributed by atoms with Crippen molar-refractivity contribution in [3.63, 3.8) is 0 Å². The summed E-state index contributed by atoms with van der Waals surface area (Å²) in [5, 5.41) is 9.50. The van der Waals surface area contributed by atoms with E-state index in [1.54, 1.807) is 23.5 Å². The van der Waals surface area contributed by atoms with E-state index in [2.05, 4.69) is 19.8 Å². The third-order valence-electron chi connectivity index (χ3n) is 5.04. The maximum absolute atomic E-state index is 12.7. The monoisotopic (exact) mass is 430 g/mol. The molecule has 0 unspecified atom stereocenters. The van der Waals surface area contributed by atoms with Crippen LogP contribution in [-0.2, 0) is 10.0 Å². The molecule has 1 fully saturated rings. The predicted molar refractivity (Wildman–Crippen MR) is 114 cm³/mol. The lowest BCUT2D eigenvalue weighted by Crippen LogP contribution is -2.44. The van der Waals surface area contributed by atoms with Crippen molar-refractivity contribution in [2.24, 2.45) is 0 Å². The molecular formula is C20H22N4O3S2. The van der Waals surface area contributed by atoms with Crippen molar-refractivity contribution < 1.29 is 13.2 Å². The Morgan fingerprint density at radius 1 is 1.21 bits per heavy atom. The number of H-pyrrole nitrogens is 1. The molecule has 3 aromatic rings. The minimum Gasteiger partial charge on any atom is -0.355 e. The van der Waals surface area contributed by atoms with Gasteiger partial charge in [-0.25, -0.2) is 13.1 Å².